The number of benzene rings is 1. The Bertz CT molecular complexity index is 677. The van der Waals surface area contributed by atoms with E-state index in [4.69, 9.17) is 9.47 Å². The molecule has 0 saturated carbocycles. The summed E-state index contributed by atoms with van der Waals surface area (Å²) in [6, 6.07) is 9.44. The van der Waals surface area contributed by atoms with Gasteiger partial charge in [-0.15, -0.1) is 5.92 Å². The molecule has 2 aliphatic heterocycles. The molecule has 138 valence electrons. The van der Waals surface area contributed by atoms with E-state index >= 15 is 0 Å². The van der Waals surface area contributed by atoms with Crippen LogP contribution in [0.2, 0.25) is 0 Å². The number of rotatable bonds is 4. The molecule has 1 aromatic rings. The Balaban J connectivity index is 1.59. The predicted octanol–water partition coefficient (Wildman–Crippen LogP) is 3.18. The topological polar surface area (TPSA) is 55.8 Å². The molecule has 2 atom stereocenters. The minimum atomic E-state index is -0.316. The fourth-order valence-corrected chi connectivity index (χ4v) is 3.69. The van der Waals surface area contributed by atoms with Gasteiger partial charge in [-0.05, 0) is 18.4 Å². The van der Waals surface area contributed by atoms with Gasteiger partial charge in [-0.25, -0.2) is 4.79 Å². The van der Waals surface area contributed by atoms with E-state index in [9.17, 15) is 9.59 Å². The Kier molecular flexibility index (Phi) is 6.30. The van der Waals surface area contributed by atoms with Crippen molar-refractivity contribution in [1.29, 1.82) is 0 Å². The molecule has 1 amide bonds. The summed E-state index contributed by atoms with van der Waals surface area (Å²) in [6.45, 7) is 3.15. The van der Waals surface area contributed by atoms with E-state index in [2.05, 4.69) is 11.8 Å². The van der Waals surface area contributed by atoms with Crippen LogP contribution in [0.15, 0.2) is 30.3 Å². The van der Waals surface area contributed by atoms with Crippen LogP contribution in [0.5, 0.6) is 0 Å². The van der Waals surface area contributed by atoms with Crippen molar-refractivity contribution in [3.05, 3.63) is 35.9 Å². The predicted molar refractivity (Wildman–Crippen MR) is 97.3 cm³/mol. The summed E-state index contributed by atoms with van der Waals surface area (Å²) in [7, 11) is 0. The van der Waals surface area contributed by atoms with Crippen LogP contribution < -0.4 is 0 Å². The molecule has 5 nitrogen and oxygen atoms in total. The number of piperidine rings is 1. The first-order valence-corrected chi connectivity index (χ1v) is 9.24. The molecule has 0 N–H and O–H groups in total. The lowest BCUT2D eigenvalue weighted by atomic mass is 9.82. The summed E-state index contributed by atoms with van der Waals surface area (Å²) in [4.78, 5) is 26.8. The molecule has 5 heteroatoms. The number of morpholine rings is 1. The van der Waals surface area contributed by atoms with Gasteiger partial charge in [0.2, 0.25) is 0 Å². The lowest BCUT2D eigenvalue weighted by molar-refractivity contribution is -0.130. The molecular weight excluding hydrogens is 330 g/mol. The molecule has 3 rings (SSSR count). The highest BCUT2D eigenvalue weighted by Crippen LogP contribution is 2.33. The Morgan fingerprint density at radius 2 is 1.85 bits per heavy atom. The third kappa shape index (κ3) is 4.44. The average Bonchev–Trinajstić information content (AvgIpc) is 2.66. The maximum atomic E-state index is 12.6. The standard InChI is InChI=1S/C21H25NO4/c1-2-3-5-10-20(23)17-11-18-14-25-15-19(12-17)22(18)21(24)26-13-16-8-6-4-7-9-16/h4,6-9,17-19H,2,10-15H2,1H3. The van der Waals surface area contributed by atoms with Crippen LogP contribution in [0.1, 0.15) is 38.2 Å². The number of amides is 1. The number of hydrogen-bond donors (Lipinski definition) is 0. The SMILES string of the molecule is CCC#CCC(=O)C1CC2COCC(C1)N2C(=O)OCc1ccccc1. The van der Waals surface area contributed by atoms with Gasteiger partial charge in [0.25, 0.3) is 0 Å². The van der Waals surface area contributed by atoms with Gasteiger partial charge in [0.1, 0.15) is 12.4 Å². The van der Waals surface area contributed by atoms with E-state index in [1.54, 1.807) is 4.90 Å². The van der Waals surface area contributed by atoms with Crippen LogP contribution in [0.4, 0.5) is 4.79 Å². The van der Waals surface area contributed by atoms with Gasteiger partial charge in [0.05, 0.1) is 31.7 Å². The smallest absolute Gasteiger partial charge is 0.410 e. The van der Waals surface area contributed by atoms with Gasteiger partial charge < -0.3 is 9.47 Å². The molecule has 0 aromatic heterocycles. The quantitative estimate of drug-likeness (QED) is 0.779. The number of nitrogens with zero attached hydrogens (tertiary/aromatic N) is 1. The maximum absolute atomic E-state index is 12.6. The van der Waals surface area contributed by atoms with Crippen LogP contribution >= 0.6 is 0 Å². The summed E-state index contributed by atoms with van der Waals surface area (Å²) in [5.41, 5.74) is 0.960. The van der Waals surface area contributed by atoms with Gasteiger partial charge in [-0.2, -0.15) is 0 Å². The van der Waals surface area contributed by atoms with Gasteiger partial charge in [-0.3, -0.25) is 9.69 Å². The van der Waals surface area contributed by atoms with Gasteiger partial charge in [-0.1, -0.05) is 43.2 Å². The number of hydrogen-bond acceptors (Lipinski definition) is 4. The maximum Gasteiger partial charge on any atom is 0.410 e. The third-order valence-corrected chi connectivity index (χ3v) is 4.96. The Labute approximate surface area is 154 Å². The van der Waals surface area contributed by atoms with E-state index in [0.717, 1.165) is 12.0 Å². The molecule has 0 radical (unpaired) electrons. The zero-order chi connectivity index (χ0) is 18.4. The summed E-state index contributed by atoms with van der Waals surface area (Å²) in [5.74, 6) is 6.02. The first-order valence-electron chi connectivity index (χ1n) is 9.24. The van der Waals surface area contributed by atoms with Crippen molar-refractivity contribution < 1.29 is 19.1 Å². The van der Waals surface area contributed by atoms with Crippen molar-refractivity contribution >= 4 is 11.9 Å². The Morgan fingerprint density at radius 1 is 1.15 bits per heavy atom. The van der Waals surface area contributed by atoms with Crippen molar-refractivity contribution in [1.82, 2.24) is 4.90 Å². The molecule has 2 fully saturated rings. The third-order valence-electron chi connectivity index (χ3n) is 4.96. The van der Waals surface area contributed by atoms with Crippen LogP contribution in [0.25, 0.3) is 0 Å². The number of ketones is 1. The average molecular weight is 355 g/mol. The van der Waals surface area contributed by atoms with E-state index in [-0.39, 0.29) is 36.5 Å². The minimum Gasteiger partial charge on any atom is -0.445 e. The molecule has 2 heterocycles. The van der Waals surface area contributed by atoms with Crippen LogP contribution in [0.3, 0.4) is 0 Å². The van der Waals surface area contributed by atoms with Crippen molar-refractivity contribution in [3.8, 4) is 11.8 Å². The lowest BCUT2D eigenvalue weighted by Gasteiger charge is -2.47. The second kappa shape index (κ2) is 8.86. The fraction of sp³-hybridized carbons (Fsp3) is 0.524. The number of fused-ring (bicyclic) bond motifs is 2. The van der Waals surface area contributed by atoms with E-state index in [1.165, 1.54) is 0 Å². The normalized spacial score (nSPS) is 24.3. The number of carbonyl (C=O) groups excluding carboxylic acids is 2. The first-order chi connectivity index (χ1) is 12.7. The number of ether oxygens (including phenoxy) is 2. The zero-order valence-corrected chi connectivity index (χ0v) is 15.1. The second-order valence-electron chi connectivity index (χ2n) is 6.81. The minimum absolute atomic E-state index is 0.0433. The van der Waals surface area contributed by atoms with Gasteiger partial charge in [0, 0.05) is 12.3 Å². The van der Waals surface area contributed by atoms with Gasteiger partial charge >= 0.3 is 6.09 Å². The molecule has 2 bridgehead atoms. The molecule has 2 aliphatic rings. The molecule has 0 spiro atoms. The van der Waals surface area contributed by atoms with Crippen molar-refractivity contribution in [3.63, 3.8) is 0 Å². The number of carbonyl (C=O) groups is 2. The van der Waals surface area contributed by atoms with E-state index < -0.39 is 0 Å². The highest BCUT2D eigenvalue weighted by molar-refractivity contribution is 5.83. The number of Topliss-reactive ketones (excluding diaryl/α,β-unsaturated/α-hetero) is 1. The summed E-state index contributed by atoms with van der Waals surface area (Å²) < 4.78 is 11.1. The zero-order valence-electron chi connectivity index (χ0n) is 15.1. The molecule has 1 aromatic carbocycles. The van der Waals surface area contributed by atoms with Crippen molar-refractivity contribution in [2.24, 2.45) is 5.92 Å². The largest absolute Gasteiger partial charge is 0.445 e. The van der Waals surface area contributed by atoms with Gasteiger partial charge in [0.15, 0.2) is 0 Å². The molecule has 2 unspecified atom stereocenters. The Morgan fingerprint density at radius 3 is 2.50 bits per heavy atom. The molecule has 2 saturated heterocycles. The summed E-state index contributed by atoms with van der Waals surface area (Å²) >= 11 is 0. The van der Waals surface area contributed by atoms with E-state index in [1.807, 2.05) is 37.3 Å². The Hall–Kier alpha value is -2.32. The summed E-state index contributed by atoms with van der Waals surface area (Å²) in [6.07, 6.45) is 2.01. The van der Waals surface area contributed by atoms with Crippen LogP contribution in [0, 0.1) is 17.8 Å². The first kappa shape index (κ1) is 18.5. The molecule has 0 aliphatic carbocycles. The molecular formula is C21H25NO4. The highest BCUT2D eigenvalue weighted by Gasteiger charge is 2.44. The monoisotopic (exact) mass is 355 g/mol. The van der Waals surface area contributed by atoms with Crippen LogP contribution in [-0.2, 0) is 20.9 Å². The lowest BCUT2D eigenvalue weighted by Crippen LogP contribution is -2.59. The van der Waals surface area contributed by atoms with Crippen LogP contribution in [-0.4, -0.2) is 42.1 Å². The summed E-state index contributed by atoms with van der Waals surface area (Å²) in [5, 5.41) is 0. The van der Waals surface area contributed by atoms with E-state index in [0.29, 0.717) is 32.5 Å². The van der Waals surface area contributed by atoms with Crippen molar-refractivity contribution in [2.45, 2.75) is 51.3 Å². The second-order valence-corrected chi connectivity index (χ2v) is 6.81. The van der Waals surface area contributed by atoms with Crippen molar-refractivity contribution in [2.75, 3.05) is 13.2 Å². The fourth-order valence-electron chi connectivity index (χ4n) is 3.69. The molecule has 26 heavy (non-hydrogen) atoms. The highest BCUT2D eigenvalue weighted by atomic mass is 16.6.